The molecule has 0 aliphatic rings. The van der Waals surface area contributed by atoms with Crippen molar-refractivity contribution in [1.82, 2.24) is 9.97 Å². The van der Waals surface area contributed by atoms with Gasteiger partial charge in [-0.2, -0.15) is 0 Å². The summed E-state index contributed by atoms with van der Waals surface area (Å²) in [6, 6.07) is 5.81. The summed E-state index contributed by atoms with van der Waals surface area (Å²) >= 11 is 8.09. The predicted octanol–water partition coefficient (Wildman–Crippen LogP) is 4.49. The lowest BCUT2D eigenvalue weighted by atomic mass is 10.1. The van der Waals surface area contributed by atoms with Gasteiger partial charge in [-0.15, -0.1) is 0 Å². The zero-order valence-electron chi connectivity index (χ0n) is 10.4. The summed E-state index contributed by atoms with van der Waals surface area (Å²) in [5, 5.41) is 0.320. The fraction of sp³-hybridized carbons (Fsp3) is 0.231. The summed E-state index contributed by atoms with van der Waals surface area (Å²) in [7, 11) is 1.56. The number of ether oxygens (including phenoxy) is 1. The van der Waals surface area contributed by atoms with Crippen LogP contribution >= 0.6 is 34.2 Å². The van der Waals surface area contributed by atoms with E-state index in [0.29, 0.717) is 28.8 Å². The minimum atomic E-state index is -2.49. The monoisotopic (exact) mass is 410 g/mol. The second kappa shape index (κ2) is 6.73. The first-order chi connectivity index (χ1) is 9.52. The third kappa shape index (κ3) is 3.42. The van der Waals surface area contributed by atoms with E-state index < -0.39 is 6.43 Å². The Hall–Kier alpha value is -0.860. The van der Waals surface area contributed by atoms with Crippen LogP contribution in [-0.4, -0.2) is 17.1 Å². The van der Waals surface area contributed by atoms with Gasteiger partial charge in [0.05, 0.1) is 15.9 Å². The van der Waals surface area contributed by atoms with Crippen LogP contribution in [-0.2, 0) is 11.3 Å². The minimum Gasteiger partial charge on any atom is -0.378 e. The molecule has 0 saturated heterocycles. The van der Waals surface area contributed by atoms with Crippen LogP contribution in [0.1, 0.15) is 17.7 Å². The van der Waals surface area contributed by atoms with Crippen molar-refractivity contribution in [2.24, 2.45) is 0 Å². The van der Waals surface area contributed by atoms with Crippen molar-refractivity contribution in [2.45, 2.75) is 13.0 Å². The fourth-order valence-electron chi connectivity index (χ4n) is 1.60. The molecule has 0 bridgehead atoms. The molecule has 0 aliphatic carbocycles. The molecule has 0 aliphatic heterocycles. The quantitative estimate of drug-likeness (QED) is 0.550. The predicted molar refractivity (Wildman–Crippen MR) is 80.9 cm³/mol. The summed E-state index contributed by atoms with van der Waals surface area (Å²) in [5.41, 5.74) is 1.26. The Kier molecular flexibility index (Phi) is 5.22. The number of aromatic nitrogens is 2. The van der Waals surface area contributed by atoms with Crippen LogP contribution in [0.2, 0.25) is 5.15 Å². The maximum atomic E-state index is 12.5. The third-order valence-corrected chi connectivity index (χ3v) is 4.31. The van der Waals surface area contributed by atoms with E-state index in [2.05, 4.69) is 9.97 Å². The Morgan fingerprint density at radius 2 is 1.90 bits per heavy atom. The van der Waals surface area contributed by atoms with Gasteiger partial charge in [0.1, 0.15) is 5.15 Å². The third-order valence-electron chi connectivity index (χ3n) is 2.58. The topological polar surface area (TPSA) is 35.0 Å². The number of hydrogen-bond donors (Lipinski definition) is 0. The zero-order chi connectivity index (χ0) is 14.7. The lowest BCUT2D eigenvalue weighted by Gasteiger charge is -2.08. The van der Waals surface area contributed by atoms with Gasteiger partial charge in [-0.05, 0) is 22.6 Å². The molecule has 0 unspecified atom stereocenters. The number of hydrogen-bond acceptors (Lipinski definition) is 3. The number of alkyl halides is 2. The molecule has 1 heterocycles. The summed E-state index contributed by atoms with van der Waals surface area (Å²) in [6.07, 6.45) is -2.49. The molecule has 0 fully saturated rings. The first-order valence-electron chi connectivity index (χ1n) is 5.62. The first kappa shape index (κ1) is 15.5. The van der Waals surface area contributed by atoms with E-state index in [-0.39, 0.29) is 5.56 Å². The number of nitrogens with zero attached hydrogens (tertiary/aromatic N) is 2. The molecule has 0 N–H and O–H groups in total. The Morgan fingerprint density at radius 3 is 2.45 bits per heavy atom. The fourth-order valence-corrected chi connectivity index (χ4v) is 2.19. The molecule has 0 saturated carbocycles. The number of halogens is 4. The van der Waals surface area contributed by atoms with Gasteiger partial charge in [-0.25, -0.2) is 18.7 Å². The molecule has 7 heteroatoms. The van der Waals surface area contributed by atoms with E-state index in [4.69, 9.17) is 16.3 Å². The molecule has 106 valence electrons. The molecule has 0 atom stereocenters. The van der Waals surface area contributed by atoms with Crippen LogP contribution in [0.4, 0.5) is 8.78 Å². The summed E-state index contributed by atoms with van der Waals surface area (Å²) < 4.78 is 30.8. The van der Waals surface area contributed by atoms with Gasteiger partial charge in [-0.1, -0.05) is 35.9 Å². The summed E-state index contributed by atoms with van der Waals surface area (Å²) in [5.74, 6) is 0.392. The van der Waals surface area contributed by atoms with Crippen molar-refractivity contribution in [1.29, 1.82) is 0 Å². The van der Waals surface area contributed by atoms with Crippen molar-refractivity contribution in [3.63, 3.8) is 0 Å². The van der Waals surface area contributed by atoms with Crippen LogP contribution in [0.25, 0.3) is 11.4 Å². The van der Waals surface area contributed by atoms with Gasteiger partial charge in [-0.3, -0.25) is 0 Å². The normalized spacial score (nSPS) is 11.1. The molecule has 0 amide bonds. The van der Waals surface area contributed by atoms with Crippen LogP contribution in [0.5, 0.6) is 0 Å². The lowest BCUT2D eigenvalue weighted by Crippen LogP contribution is -2.02. The van der Waals surface area contributed by atoms with Crippen LogP contribution in [0.3, 0.4) is 0 Å². The molecule has 1 aromatic carbocycles. The molecule has 0 radical (unpaired) electrons. The maximum absolute atomic E-state index is 12.5. The van der Waals surface area contributed by atoms with E-state index in [1.54, 1.807) is 19.2 Å². The summed E-state index contributed by atoms with van der Waals surface area (Å²) in [4.78, 5) is 8.52. The summed E-state index contributed by atoms with van der Waals surface area (Å²) in [6.45, 7) is 0.308. The van der Waals surface area contributed by atoms with Crippen LogP contribution < -0.4 is 0 Å². The number of rotatable bonds is 4. The van der Waals surface area contributed by atoms with Crippen molar-refractivity contribution in [3.05, 3.63) is 44.2 Å². The van der Waals surface area contributed by atoms with Gasteiger partial charge in [0, 0.05) is 18.2 Å². The Balaban J connectivity index is 2.41. The van der Waals surface area contributed by atoms with Gasteiger partial charge in [0.2, 0.25) is 0 Å². The van der Waals surface area contributed by atoms with Crippen molar-refractivity contribution in [2.75, 3.05) is 7.11 Å². The van der Waals surface area contributed by atoms with Gasteiger partial charge < -0.3 is 4.74 Å². The Morgan fingerprint density at radius 1 is 1.25 bits per heavy atom. The highest BCUT2D eigenvalue weighted by Gasteiger charge is 2.13. The lowest BCUT2D eigenvalue weighted by molar-refractivity contribution is 0.151. The van der Waals surface area contributed by atoms with E-state index in [1.165, 1.54) is 12.1 Å². The van der Waals surface area contributed by atoms with E-state index >= 15 is 0 Å². The molecule has 2 aromatic rings. The molecule has 1 aromatic heterocycles. The highest BCUT2D eigenvalue weighted by Crippen LogP contribution is 2.26. The number of benzene rings is 1. The van der Waals surface area contributed by atoms with E-state index in [9.17, 15) is 8.78 Å². The van der Waals surface area contributed by atoms with Crippen molar-refractivity contribution < 1.29 is 13.5 Å². The molecular weight excluding hydrogens is 401 g/mol. The Bertz CT molecular complexity index is 608. The van der Waals surface area contributed by atoms with E-state index in [1.807, 2.05) is 22.6 Å². The molecule has 3 nitrogen and oxygen atoms in total. The maximum Gasteiger partial charge on any atom is 0.263 e. The second-order valence-electron chi connectivity index (χ2n) is 3.95. The van der Waals surface area contributed by atoms with Gasteiger partial charge >= 0.3 is 0 Å². The van der Waals surface area contributed by atoms with Crippen molar-refractivity contribution in [3.8, 4) is 11.4 Å². The SMILES string of the molecule is COCc1nc(-c2ccc(C(F)F)cc2)nc(Cl)c1I. The van der Waals surface area contributed by atoms with Crippen LogP contribution in [0, 0.1) is 3.57 Å². The number of methoxy groups -OCH3 is 1. The zero-order valence-corrected chi connectivity index (χ0v) is 13.3. The molecule has 0 spiro atoms. The van der Waals surface area contributed by atoms with Gasteiger partial charge in [0.25, 0.3) is 6.43 Å². The Labute approximate surface area is 133 Å². The van der Waals surface area contributed by atoms with E-state index in [0.717, 1.165) is 3.57 Å². The highest BCUT2D eigenvalue weighted by atomic mass is 127. The standard InChI is InChI=1S/C13H10ClF2IN2O/c1-20-6-9-10(17)11(14)19-13(18-9)8-4-2-7(3-5-8)12(15)16/h2-5,12H,6H2,1H3. The molecule has 20 heavy (non-hydrogen) atoms. The van der Waals surface area contributed by atoms with Crippen LogP contribution in [0.15, 0.2) is 24.3 Å². The largest absolute Gasteiger partial charge is 0.378 e. The highest BCUT2D eigenvalue weighted by molar-refractivity contribution is 14.1. The molecule has 2 rings (SSSR count). The van der Waals surface area contributed by atoms with Gasteiger partial charge in [0.15, 0.2) is 5.82 Å². The average molecular weight is 411 g/mol. The first-order valence-corrected chi connectivity index (χ1v) is 7.08. The minimum absolute atomic E-state index is 0.0394. The second-order valence-corrected chi connectivity index (χ2v) is 5.39. The average Bonchev–Trinajstić information content (AvgIpc) is 2.44. The smallest absolute Gasteiger partial charge is 0.263 e. The molecular formula is C13H10ClF2IN2O. The van der Waals surface area contributed by atoms with Crippen molar-refractivity contribution >= 4 is 34.2 Å².